The second kappa shape index (κ2) is 11.4. The number of nitrogens with zero attached hydrogens (tertiary/aromatic N) is 1. The quantitative estimate of drug-likeness (QED) is 0.256. The topological polar surface area (TPSA) is 91.4 Å². The van der Waals surface area contributed by atoms with Crippen LogP contribution in [0, 0.1) is 3.57 Å². The van der Waals surface area contributed by atoms with Crippen LogP contribution in [0.4, 0.5) is 4.79 Å². The van der Waals surface area contributed by atoms with Gasteiger partial charge in [-0.3, -0.25) is 14.5 Å². The van der Waals surface area contributed by atoms with Crippen molar-refractivity contribution in [1.82, 2.24) is 4.90 Å². The average molecular weight is 535 g/mol. The van der Waals surface area contributed by atoms with E-state index in [2.05, 4.69) is 22.6 Å². The monoisotopic (exact) mass is 535 g/mol. The normalized spacial score (nSPS) is 15.2. The molecular weight excluding hydrogens is 513 g/mol. The fraction of sp³-hybridized carbons (Fsp3) is 0.421. The maximum atomic E-state index is 12.5. The number of hydrogen-bond donors (Lipinski definition) is 0. The summed E-state index contributed by atoms with van der Waals surface area (Å²) in [4.78, 5) is 37.6. The Morgan fingerprint density at radius 2 is 1.97 bits per heavy atom. The predicted octanol–water partition coefficient (Wildman–Crippen LogP) is 3.31. The van der Waals surface area contributed by atoms with Gasteiger partial charge in [-0.25, -0.2) is 4.79 Å². The maximum Gasteiger partial charge on any atom is 0.344 e. The zero-order chi connectivity index (χ0) is 21.4. The Morgan fingerprint density at radius 1 is 1.21 bits per heavy atom. The molecule has 0 aliphatic carbocycles. The lowest BCUT2D eigenvalue weighted by Gasteiger charge is -2.14. The van der Waals surface area contributed by atoms with Gasteiger partial charge in [0.05, 0.1) is 34.8 Å². The lowest BCUT2D eigenvalue weighted by atomic mass is 10.2. The first kappa shape index (κ1) is 23.5. The molecule has 0 aromatic heterocycles. The third kappa shape index (κ3) is 6.34. The summed E-state index contributed by atoms with van der Waals surface area (Å²) in [6, 6.07) is 3.49. The Morgan fingerprint density at radius 3 is 2.62 bits per heavy atom. The Kier molecular flexibility index (Phi) is 9.24. The largest absolute Gasteiger partial charge is 0.490 e. The van der Waals surface area contributed by atoms with E-state index in [1.54, 1.807) is 25.1 Å². The maximum absolute atomic E-state index is 12.5. The number of methoxy groups -OCH3 is 1. The van der Waals surface area contributed by atoms with E-state index in [0.29, 0.717) is 32.1 Å². The van der Waals surface area contributed by atoms with Gasteiger partial charge in [-0.2, -0.15) is 0 Å². The van der Waals surface area contributed by atoms with Gasteiger partial charge in [0, 0.05) is 7.11 Å². The summed E-state index contributed by atoms with van der Waals surface area (Å²) < 4.78 is 21.7. The number of thioether (sulfide) groups is 1. The Balaban J connectivity index is 2.25. The van der Waals surface area contributed by atoms with Crippen LogP contribution in [0.15, 0.2) is 17.0 Å². The van der Waals surface area contributed by atoms with Crippen LogP contribution >= 0.6 is 34.4 Å². The molecule has 0 saturated carbocycles. The number of hydrogen-bond acceptors (Lipinski definition) is 8. The molecule has 1 aromatic rings. The third-order valence-corrected chi connectivity index (χ3v) is 5.37. The highest BCUT2D eigenvalue weighted by molar-refractivity contribution is 14.1. The smallest absolute Gasteiger partial charge is 0.344 e. The van der Waals surface area contributed by atoms with E-state index in [0.717, 1.165) is 16.7 Å². The van der Waals surface area contributed by atoms with Crippen molar-refractivity contribution < 1.29 is 33.3 Å². The summed E-state index contributed by atoms with van der Waals surface area (Å²) in [6.07, 6.45) is 1.64. The summed E-state index contributed by atoms with van der Waals surface area (Å²) in [7, 11) is 1.51. The van der Waals surface area contributed by atoms with Crippen LogP contribution in [0.25, 0.3) is 6.08 Å². The third-order valence-electron chi connectivity index (χ3n) is 3.66. The van der Waals surface area contributed by atoms with E-state index < -0.39 is 5.97 Å². The molecule has 158 valence electrons. The van der Waals surface area contributed by atoms with Gasteiger partial charge in [0.1, 0.15) is 0 Å². The van der Waals surface area contributed by atoms with Crippen molar-refractivity contribution in [3.8, 4) is 11.5 Å². The van der Waals surface area contributed by atoms with Crippen LogP contribution in [-0.2, 0) is 19.1 Å². The molecule has 0 N–H and O–H groups in total. The lowest BCUT2D eigenvalue weighted by Crippen LogP contribution is -2.31. The van der Waals surface area contributed by atoms with Gasteiger partial charge in [0.2, 0.25) is 0 Å². The molecule has 0 atom stereocenters. The van der Waals surface area contributed by atoms with Gasteiger partial charge >= 0.3 is 5.97 Å². The van der Waals surface area contributed by atoms with Crippen LogP contribution in [0.5, 0.6) is 11.5 Å². The van der Waals surface area contributed by atoms with Gasteiger partial charge < -0.3 is 18.9 Å². The number of halogens is 1. The van der Waals surface area contributed by atoms with E-state index in [1.165, 1.54) is 7.11 Å². The number of ether oxygens (including phenoxy) is 4. The van der Waals surface area contributed by atoms with Crippen molar-refractivity contribution in [2.45, 2.75) is 13.8 Å². The number of rotatable bonds is 10. The first-order chi connectivity index (χ1) is 13.9. The molecule has 29 heavy (non-hydrogen) atoms. The average Bonchev–Trinajstić information content (AvgIpc) is 2.93. The fourth-order valence-electron chi connectivity index (χ4n) is 2.43. The number of benzene rings is 1. The van der Waals surface area contributed by atoms with Crippen molar-refractivity contribution in [3.05, 3.63) is 26.2 Å². The van der Waals surface area contributed by atoms with Crippen molar-refractivity contribution in [2.75, 3.05) is 40.1 Å². The molecule has 2 rings (SSSR count). The highest BCUT2D eigenvalue weighted by atomic mass is 127. The zero-order valence-corrected chi connectivity index (χ0v) is 19.3. The van der Waals surface area contributed by atoms with Crippen LogP contribution in [0.2, 0.25) is 0 Å². The number of imide groups is 1. The molecule has 0 unspecified atom stereocenters. The molecule has 8 nitrogen and oxygen atoms in total. The van der Waals surface area contributed by atoms with E-state index >= 15 is 0 Å². The van der Waals surface area contributed by atoms with E-state index in [-0.39, 0.29) is 37.5 Å². The van der Waals surface area contributed by atoms with Crippen molar-refractivity contribution in [1.29, 1.82) is 0 Å². The fourth-order valence-corrected chi connectivity index (χ4v) is 4.08. The van der Waals surface area contributed by atoms with Crippen molar-refractivity contribution in [2.24, 2.45) is 0 Å². The molecule has 1 aliphatic heterocycles. The summed E-state index contributed by atoms with van der Waals surface area (Å²) in [5.41, 5.74) is 0.679. The summed E-state index contributed by atoms with van der Waals surface area (Å²) in [6.45, 7) is 4.47. The molecular formula is C19H22INO7S. The van der Waals surface area contributed by atoms with Gasteiger partial charge in [-0.05, 0) is 72.0 Å². The minimum atomic E-state index is -0.473. The Bertz CT molecular complexity index is 812. The molecule has 1 fully saturated rings. The Labute approximate surface area is 187 Å². The highest BCUT2D eigenvalue weighted by Crippen LogP contribution is 2.37. The van der Waals surface area contributed by atoms with Gasteiger partial charge in [-0.15, -0.1) is 0 Å². The van der Waals surface area contributed by atoms with E-state index in [4.69, 9.17) is 18.9 Å². The number of amides is 2. The van der Waals surface area contributed by atoms with Gasteiger partial charge in [-0.1, -0.05) is 0 Å². The Hall–Kier alpha value is -1.79. The van der Waals surface area contributed by atoms with E-state index in [9.17, 15) is 14.4 Å². The molecule has 0 bridgehead atoms. The van der Waals surface area contributed by atoms with Crippen molar-refractivity contribution in [3.63, 3.8) is 0 Å². The second-order valence-corrected chi connectivity index (χ2v) is 7.84. The molecule has 2 amide bonds. The number of carbonyl (C=O) groups is 3. The lowest BCUT2D eigenvalue weighted by molar-refractivity contribution is -0.145. The van der Waals surface area contributed by atoms with Crippen LogP contribution in [-0.4, -0.2) is 62.1 Å². The van der Waals surface area contributed by atoms with E-state index in [1.807, 2.05) is 6.92 Å². The predicted molar refractivity (Wildman–Crippen MR) is 117 cm³/mol. The zero-order valence-electron chi connectivity index (χ0n) is 16.4. The number of carbonyl (C=O) groups excluding carboxylic acids is 3. The number of esters is 1. The standard InChI is InChI=1S/C19H22INO7S/c1-4-26-14-9-12(8-13(20)17(14)28-11-16(22)27-5-2)10-15-18(23)21(6-7-25-3)19(24)29-15/h8-10H,4-7,11H2,1-3H3/b15-10+. The molecule has 1 aromatic carbocycles. The molecule has 0 spiro atoms. The summed E-state index contributed by atoms with van der Waals surface area (Å²) in [5.74, 6) is 0.0339. The summed E-state index contributed by atoms with van der Waals surface area (Å²) in [5, 5.41) is -0.326. The van der Waals surface area contributed by atoms with Gasteiger partial charge in [0.25, 0.3) is 11.1 Å². The van der Waals surface area contributed by atoms with Crippen LogP contribution in [0.3, 0.4) is 0 Å². The van der Waals surface area contributed by atoms with Crippen LogP contribution in [0.1, 0.15) is 19.4 Å². The molecule has 10 heteroatoms. The molecule has 1 aliphatic rings. The SMILES string of the molecule is CCOC(=O)COc1c(I)cc(/C=C2/SC(=O)N(CCOC)C2=O)cc1OCC. The first-order valence-corrected chi connectivity index (χ1v) is 10.8. The highest BCUT2D eigenvalue weighted by Gasteiger charge is 2.34. The molecule has 0 radical (unpaired) electrons. The van der Waals surface area contributed by atoms with Crippen molar-refractivity contribution >= 4 is 57.5 Å². The minimum absolute atomic E-state index is 0.209. The second-order valence-electron chi connectivity index (χ2n) is 5.68. The first-order valence-electron chi connectivity index (χ1n) is 8.90. The molecule has 1 heterocycles. The van der Waals surface area contributed by atoms with Crippen LogP contribution < -0.4 is 9.47 Å². The summed E-state index contributed by atoms with van der Waals surface area (Å²) >= 11 is 2.95. The van der Waals surface area contributed by atoms with Gasteiger partial charge in [0.15, 0.2) is 18.1 Å². The molecule has 1 saturated heterocycles. The minimum Gasteiger partial charge on any atom is -0.490 e.